The Hall–Kier alpha value is -2.37. The summed E-state index contributed by atoms with van der Waals surface area (Å²) in [6.45, 7) is 0.802. The summed E-state index contributed by atoms with van der Waals surface area (Å²) in [6, 6.07) is 5.28. The normalized spacial score (nSPS) is 20.9. The Balaban J connectivity index is 1.85. The Bertz CT molecular complexity index is 611. The molecule has 6 heteroatoms. The van der Waals surface area contributed by atoms with Crippen LogP contribution in [-0.4, -0.2) is 31.4 Å². The zero-order chi connectivity index (χ0) is 14.3. The lowest BCUT2D eigenvalue weighted by Gasteiger charge is -2.17. The Morgan fingerprint density at radius 3 is 2.95 bits per heavy atom. The van der Waals surface area contributed by atoms with Gasteiger partial charge in [-0.25, -0.2) is 0 Å². The van der Waals surface area contributed by atoms with E-state index < -0.39 is 5.92 Å². The quantitative estimate of drug-likeness (QED) is 0.795. The van der Waals surface area contributed by atoms with Crippen LogP contribution in [0.25, 0.3) is 0 Å². The van der Waals surface area contributed by atoms with Gasteiger partial charge in [-0.2, -0.15) is 0 Å². The van der Waals surface area contributed by atoms with E-state index in [0.29, 0.717) is 18.7 Å². The highest BCUT2D eigenvalue weighted by Gasteiger charge is 2.36. The lowest BCUT2D eigenvalue weighted by atomic mass is 10.1. The first-order valence-corrected chi connectivity index (χ1v) is 6.39. The van der Waals surface area contributed by atoms with E-state index in [1.807, 2.05) is 6.07 Å². The number of benzene rings is 1. The van der Waals surface area contributed by atoms with Crippen LogP contribution in [-0.2, 0) is 20.9 Å². The smallest absolute Gasteiger partial charge is 0.311 e. The predicted molar refractivity (Wildman–Crippen MR) is 70.1 cm³/mol. The van der Waals surface area contributed by atoms with E-state index in [1.165, 1.54) is 7.11 Å². The van der Waals surface area contributed by atoms with Crippen LogP contribution < -0.4 is 10.2 Å². The van der Waals surface area contributed by atoms with E-state index >= 15 is 0 Å². The van der Waals surface area contributed by atoms with Gasteiger partial charge in [0.2, 0.25) is 5.91 Å². The number of anilines is 1. The fraction of sp³-hybridized carbons (Fsp3) is 0.357. The number of rotatable bonds is 2. The minimum absolute atomic E-state index is 0.0910. The van der Waals surface area contributed by atoms with Crippen molar-refractivity contribution in [3.05, 3.63) is 29.3 Å². The number of hydrogen-bond acceptors (Lipinski definition) is 4. The molecular formula is C14H14N2O4. The maximum atomic E-state index is 12.0. The molecule has 0 spiro atoms. The summed E-state index contributed by atoms with van der Waals surface area (Å²) in [5.74, 6) is -0.969. The Kier molecular flexibility index (Phi) is 2.93. The van der Waals surface area contributed by atoms with Crippen molar-refractivity contribution in [2.24, 2.45) is 5.92 Å². The summed E-state index contributed by atoms with van der Waals surface area (Å²) in [6.07, 6.45) is 0.168. The van der Waals surface area contributed by atoms with Crippen LogP contribution in [0.5, 0.6) is 0 Å². The molecule has 1 saturated heterocycles. The van der Waals surface area contributed by atoms with E-state index in [0.717, 1.165) is 11.3 Å². The molecule has 0 saturated carbocycles. The molecule has 104 valence electrons. The number of hydrogen-bond donors (Lipinski definition) is 1. The van der Waals surface area contributed by atoms with E-state index in [4.69, 9.17) is 0 Å². The van der Waals surface area contributed by atoms with Crippen LogP contribution in [0.2, 0.25) is 0 Å². The standard InChI is InChI=1S/C14H14N2O4/c1-20-14(19)9-5-12(17)16(7-9)10-2-3-11-8(4-10)6-15-13(11)18/h2-4,9H,5-7H2,1H3,(H,15,18). The van der Waals surface area contributed by atoms with Gasteiger partial charge in [0.05, 0.1) is 13.0 Å². The molecule has 1 aromatic rings. The van der Waals surface area contributed by atoms with Crippen molar-refractivity contribution in [2.75, 3.05) is 18.6 Å². The van der Waals surface area contributed by atoms with Crippen molar-refractivity contribution in [1.82, 2.24) is 5.32 Å². The molecule has 0 bridgehead atoms. The van der Waals surface area contributed by atoms with Crippen LogP contribution in [0.15, 0.2) is 18.2 Å². The fourth-order valence-electron chi connectivity index (χ4n) is 2.67. The number of methoxy groups -OCH3 is 1. The van der Waals surface area contributed by atoms with E-state index in [1.54, 1.807) is 17.0 Å². The molecule has 2 aliphatic heterocycles. The fourth-order valence-corrected chi connectivity index (χ4v) is 2.67. The lowest BCUT2D eigenvalue weighted by molar-refractivity contribution is -0.145. The molecule has 2 amide bonds. The largest absolute Gasteiger partial charge is 0.469 e. The first-order valence-electron chi connectivity index (χ1n) is 6.39. The monoisotopic (exact) mass is 274 g/mol. The lowest BCUT2D eigenvalue weighted by Crippen LogP contribution is -2.26. The molecule has 1 unspecified atom stereocenters. The minimum atomic E-state index is -0.416. The third-order valence-electron chi connectivity index (χ3n) is 3.74. The molecule has 2 aliphatic rings. The van der Waals surface area contributed by atoms with Crippen LogP contribution >= 0.6 is 0 Å². The summed E-state index contributed by atoms with van der Waals surface area (Å²) < 4.78 is 4.68. The zero-order valence-corrected chi connectivity index (χ0v) is 11.0. The molecule has 1 N–H and O–H groups in total. The second-order valence-corrected chi connectivity index (χ2v) is 4.95. The van der Waals surface area contributed by atoms with Crippen molar-refractivity contribution < 1.29 is 19.1 Å². The number of nitrogens with zero attached hydrogens (tertiary/aromatic N) is 1. The highest BCUT2D eigenvalue weighted by molar-refractivity contribution is 6.02. The molecule has 0 radical (unpaired) electrons. The maximum Gasteiger partial charge on any atom is 0.311 e. The van der Waals surface area contributed by atoms with Crippen LogP contribution in [0.1, 0.15) is 22.3 Å². The van der Waals surface area contributed by atoms with E-state index in [2.05, 4.69) is 10.1 Å². The molecule has 1 fully saturated rings. The van der Waals surface area contributed by atoms with Crippen LogP contribution in [0.4, 0.5) is 5.69 Å². The van der Waals surface area contributed by atoms with Gasteiger partial charge in [0.1, 0.15) is 0 Å². The highest BCUT2D eigenvalue weighted by atomic mass is 16.5. The van der Waals surface area contributed by atoms with Crippen molar-refractivity contribution in [2.45, 2.75) is 13.0 Å². The number of esters is 1. The first kappa shape index (κ1) is 12.7. The summed E-state index contributed by atoms with van der Waals surface area (Å²) in [5, 5.41) is 2.73. The number of nitrogens with one attached hydrogen (secondary N) is 1. The number of amides is 2. The van der Waals surface area contributed by atoms with Gasteiger partial charge >= 0.3 is 5.97 Å². The zero-order valence-electron chi connectivity index (χ0n) is 11.0. The average Bonchev–Trinajstić information content (AvgIpc) is 3.01. The molecule has 2 heterocycles. The van der Waals surface area contributed by atoms with Gasteiger partial charge in [-0.3, -0.25) is 14.4 Å². The number of carbonyl (C=O) groups is 3. The van der Waals surface area contributed by atoms with Crippen LogP contribution in [0, 0.1) is 5.92 Å². The number of fused-ring (bicyclic) bond motifs is 1. The Morgan fingerprint density at radius 1 is 1.40 bits per heavy atom. The van der Waals surface area contributed by atoms with Gasteiger partial charge in [0.25, 0.3) is 5.91 Å². The van der Waals surface area contributed by atoms with Crippen molar-refractivity contribution in [3.63, 3.8) is 0 Å². The van der Waals surface area contributed by atoms with Gasteiger partial charge in [-0.1, -0.05) is 0 Å². The van der Waals surface area contributed by atoms with Gasteiger partial charge in [0.15, 0.2) is 0 Å². The molecule has 0 aliphatic carbocycles. The third-order valence-corrected chi connectivity index (χ3v) is 3.74. The topological polar surface area (TPSA) is 75.7 Å². The Morgan fingerprint density at radius 2 is 2.20 bits per heavy atom. The van der Waals surface area contributed by atoms with E-state index in [9.17, 15) is 14.4 Å². The second kappa shape index (κ2) is 4.63. The van der Waals surface area contributed by atoms with Gasteiger partial charge in [-0.15, -0.1) is 0 Å². The molecule has 20 heavy (non-hydrogen) atoms. The minimum Gasteiger partial charge on any atom is -0.469 e. The van der Waals surface area contributed by atoms with Gasteiger partial charge in [0, 0.05) is 30.8 Å². The Labute approximate surface area is 115 Å². The molecule has 3 rings (SSSR count). The third kappa shape index (κ3) is 1.93. The first-order chi connectivity index (χ1) is 9.60. The van der Waals surface area contributed by atoms with Crippen molar-refractivity contribution >= 4 is 23.5 Å². The number of ether oxygens (including phenoxy) is 1. The summed E-state index contributed by atoms with van der Waals surface area (Å²) in [4.78, 5) is 36.6. The SMILES string of the molecule is COC(=O)C1CC(=O)N(c2ccc3c(c2)CNC3=O)C1. The van der Waals surface area contributed by atoms with Gasteiger partial charge < -0.3 is 15.0 Å². The van der Waals surface area contributed by atoms with Crippen molar-refractivity contribution in [1.29, 1.82) is 0 Å². The molecule has 1 atom stereocenters. The second-order valence-electron chi connectivity index (χ2n) is 4.95. The van der Waals surface area contributed by atoms with Gasteiger partial charge in [-0.05, 0) is 23.8 Å². The molecular weight excluding hydrogens is 260 g/mol. The summed E-state index contributed by atoms with van der Waals surface area (Å²) in [5.41, 5.74) is 2.24. The molecule has 6 nitrogen and oxygen atoms in total. The summed E-state index contributed by atoms with van der Waals surface area (Å²) >= 11 is 0. The predicted octanol–water partition coefficient (Wildman–Crippen LogP) is 0.456. The van der Waals surface area contributed by atoms with Crippen LogP contribution in [0.3, 0.4) is 0 Å². The molecule has 1 aromatic carbocycles. The van der Waals surface area contributed by atoms with E-state index in [-0.39, 0.29) is 24.2 Å². The number of carbonyl (C=O) groups excluding carboxylic acids is 3. The highest BCUT2D eigenvalue weighted by Crippen LogP contribution is 2.28. The van der Waals surface area contributed by atoms with Crippen molar-refractivity contribution in [3.8, 4) is 0 Å². The molecule has 0 aromatic heterocycles. The average molecular weight is 274 g/mol. The summed E-state index contributed by atoms with van der Waals surface area (Å²) in [7, 11) is 1.32. The maximum absolute atomic E-state index is 12.0.